The van der Waals surface area contributed by atoms with Crippen LogP contribution in [0.15, 0.2) is 42.5 Å². The molecule has 0 heterocycles. The average molecular weight is 285 g/mol. The van der Waals surface area contributed by atoms with Crippen LogP contribution in [0.2, 0.25) is 0 Å². The number of carbonyl (C=O) groups is 1. The lowest BCUT2D eigenvalue weighted by Gasteiger charge is -2.04. The molecule has 0 saturated heterocycles. The molecule has 0 aliphatic heterocycles. The van der Waals surface area contributed by atoms with Gasteiger partial charge in [-0.3, -0.25) is 14.9 Å². The monoisotopic (exact) mass is 285 g/mol. The molecule has 2 aromatic rings. The first-order valence-corrected chi connectivity index (χ1v) is 6.42. The molecule has 2 rings (SSSR count). The molecule has 0 fully saturated rings. The number of rotatable bonds is 5. The second-order valence-corrected chi connectivity index (χ2v) is 4.71. The van der Waals surface area contributed by atoms with Gasteiger partial charge in [0.25, 0.3) is 5.69 Å². The second-order valence-electron chi connectivity index (χ2n) is 4.71. The van der Waals surface area contributed by atoms with E-state index in [1.807, 2.05) is 0 Å². The van der Waals surface area contributed by atoms with Gasteiger partial charge in [-0.05, 0) is 24.6 Å². The molecule has 0 N–H and O–H groups in total. The smallest absolute Gasteiger partial charge is 0.273 e. The van der Waals surface area contributed by atoms with Crippen molar-refractivity contribution in [1.82, 2.24) is 0 Å². The first-order chi connectivity index (χ1) is 10.0. The third-order valence-electron chi connectivity index (χ3n) is 3.25. The molecular formula is C16H15NO4. The summed E-state index contributed by atoms with van der Waals surface area (Å²) < 4.78 is 5.05. The Bertz CT molecular complexity index is 677. The van der Waals surface area contributed by atoms with Gasteiger partial charge < -0.3 is 4.74 Å². The maximum atomic E-state index is 12.2. The van der Waals surface area contributed by atoms with E-state index < -0.39 is 4.92 Å². The van der Waals surface area contributed by atoms with Crippen LogP contribution < -0.4 is 4.74 Å². The van der Waals surface area contributed by atoms with Gasteiger partial charge >= 0.3 is 0 Å². The number of nitrogens with zero attached hydrogens (tertiary/aromatic N) is 1. The first kappa shape index (κ1) is 14.7. The lowest BCUT2D eigenvalue weighted by molar-refractivity contribution is -0.385. The number of Topliss-reactive ketones (excluding diaryl/α,β-unsaturated/α-hetero) is 1. The van der Waals surface area contributed by atoms with E-state index in [4.69, 9.17) is 4.74 Å². The van der Waals surface area contributed by atoms with Gasteiger partial charge in [0.1, 0.15) is 5.75 Å². The topological polar surface area (TPSA) is 69.4 Å². The van der Waals surface area contributed by atoms with E-state index in [-0.39, 0.29) is 17.9 Å². The van der Waals surface area contributed by atoms with E-state index in [0.29, 0.717) is 11.1 Å². The minimum absolute atomic E-state index is 0.0319. The van der Waals surface area contributed by atoms with Crippen LogP contribution in [-0.2, 0) is 6.42 Å². The molecule has 5 nitrogen and oxygen atoms in total. The predicted octanol–water partition coefficient (Wildman–Crippen LogP) is 3.34. The normalized spacial score (nSPS) is 10.2. The van der Waals surface area contributed by atoms with Crippen LogP contribution in [0.5, 0.6) is 5.75 Å². The van der Waals surface area contributed by atoms with Gasteiger partial charge in [-0.1, -0.05) is 24.3 Å². The molecular weight excluding hydrogens is 270 g/mol. The summed E-state index contributed by atoms with van der Waals surface area (Å²) in [6.07, 6.45) is 0.199. The molecule has 0 bridgehead atoms. The van der Waals surface area contributed by atoms with Crippen LogP contribution in [0.4, 0.5) is 5.69 Å². The molecule has 0 aliphatic carbocycles. The van der Waals surface area contributed by atoms with E-state index in [0.717, 1.165) is 11.3 Å². The Kier molecular flexibility index (Phi) is 4.33. The summed E-state index contributed by atoms with van der Waals surface area (Å²) in [6, 6.07) is 11.7. The molecule has 0 saturated carbocycles. The Morgan fingerprint density at radius 3 is 2.43 bits per heavy atom. The number of aryl methyl sites for hydroxylation is 1. The average Bonchev–Trinajstić information content (AvgIpc) is 2.48. The zero-order valence-electron chi connectivity index (χ0n) is 11.8. The van der Waals surface area contributed by atoms with Crippen molar-refractivity contribution < 1.29 is 14.5 Å². The molecule has 0 spiro atoms. The lowest BCUT2D eigenvalue weighted by Crippen LogP contribution is -2.05. The predicted molar refractivity (Wildman–Crippen MR) is 78.9 cm³/mol. The number of nitro benzene ring substituents is 1. The van der Waals surface area contributed by atoms with Gasteiger partial charge in [0.15, 0.2) is 5.78 Å². The number of benzene rings is 2. The molecule has 0 radical (unpaired) electrons. The fourth-order valence-electron chi connectivity index (χ4n) is 2.01. The van der Waals surface area contributed by atoms with Gasteiger partial charge in [-0.2, -0.15) is 0 Å². The summed E-state index contributed by atoms with van der Waals surface area (Å²) in [5.41, 5.74) is 1.70. The number of nitro groups is 1. The number of hydrogen-bond acceptors (Lipinski definition) is 4. The number of ketones is 1. The fourth-order valence-corrected chi connectivity index (χ4v) is 2.01. The van der Waals surface area contributed by atoms with Crippen molar-refractivity contribution in [2.24, 2.45) is 0 Å². The maximum absolute atomic E-state index is 12.2. The summed E-state index contributed by atoms with van der Waals surface area (Å²) in [4.78, 5) is 22.6. The molecule has 0 aromatic heterocycles. The van der Waals surface area contributed by atoms with Crippen molar-refractivity contribution in [2.45, 2.75) is 13.3 Å². The van der Waals surface area contributed by atoms with Crippen LogP contribution in [0.25, 0.3) is 0 Å². The molecule has 0 aliphatic rings. The maximum Gasteiger partial charge on any atom is 0.273 e. The third kappa shape index (κ3) is 3.45. The van der Waals surface area contributed by atoms with Crippen molar-refractivity contribution in [3.63, 3.8) is 0 Å². The molecule has 2 aromatic carbocycles. The Morgan fingerprint density at radius 2 is 1.86 bits per heavy atom. The highest BCUT2D eigenvalue weighted by Crippen LogP contribution is 2.21. The van der Waals surface area contributed by atoms with Gasteiger partial charge in [-0.15, -0.1) is 0 Å². The van der Waals surface area contributed by atoms with Crippen molar-refractivity contribution in [1.29, 1.82) is 0 Å². The largest absolute Gasteiger partial charge is 0.497 e. The van der Waals surface area contributed by atoms with Crippen molar-refractivity contribution in [3.8, 4) is 5.75 Å². The number of hydrogen-bond donors (Lipinski definition) is 0. The van der Waals surface area contributed by atoms with E-state index in [2.05, 4.69) is 0 Å². The van der Waals surface area contributed by atoms with Crippen molar-refractivity contribution in [3.05, 3.63) is 69.3 Å². The Labute approximate surface area is 122 Å². The van der Waals surface area contributed by atoms with E-state index >= 15 is 0 Å². The van der Waals surface area contributed by atoms with E-state index in [1.165, 1.54) is 6.07 Å². The third-order valence-corrected chi connectivity index (χ3v) is 3.25. The fraction of sp³-hybridized carbons (Fsp3) is 0.188. The molecule has 0 amide bonds. The highest BCUT2D eigenvalue weighted by molar-refractivity contribution is 5.98. The molecule has 21 heavy (non-hydrogen) atoms. The van der Waals surface area contributed by atoms with Gasteiger partial charge in [0, 0.05) is 23.6 Å². The SMILES string of the molecule is COc1ccc(CC(=O)c2ccc(C)c([N+](=O)[O-])c2)cc1. The van der Waals surface area contributed by atoms with Gasteiger partial charge in [0.05, 0.1) is 12.0 Å². The highest BCUT2D eigenvalue weighted by Gasteiger charge is 2.15. The van der Waals surface area contributed by atoms with Crippen LogP contribution in [0, 0.1) is 17.0 Å². The summed E-state index contributed by atoms with van der Waals surface area (Å²) >= 11 is 0. The van der Waals surface area contributed by atoms with E-state index in [9.17, 15) is 14.9 Å². The lowest BCUT2D eigenvalue weighted by atomic mass is 10.0. The number of methoxy groups -OCH3 is 1. The molecule has 108 valence electrons. The van der Waals surface area contributed by atoms with Crippen molar-refractivity contribution in [2.75, 3.05) is 7.11 Å². The summed E-state index contributed by atoms with van der Waals surface area (Å²) in [5, 5.41) is 10.9. The Morgan fingerprint density at radius 1 is 1.19 bits per heavy atom. The zero-order chi connectivity index (χ0) is 15.4. The van der Waals surface area contributed by atoms with Crippen LogP contribution >= 0.6 is 0 Å². The minimum atomic E-state index is -0.473. The summed E-state index contributed by atoms with van der Waals surface area (Å²) in [5.74, 6) is 0.570. The van der Waals surface area contributed by atoms with Crippen molar-refractivity contribution >= 4 is 11.5 Å². The quantitative estimate of drug-likeness (QED) is 0.480. The Hall–Kier alpha value is -2.69. The highest BCUT2D eigenvalue weighted by atomic mass is 16.6. The number of carbonyl (C=O) groups excluding carboxylic acids is 1. The summed E-state index contributed by atoms with van der Waals surface area (Å²) in [7, 11) is 1.57. The van der Waals surface area contributed by atoms with Gasteiger partial charge in [0.2, 0.25) is 0 Å². The van der Waals surface area contributed by atoms with E-state index in [1.54, 1.807) is 50.4 Å². The van der Waals surface area contributed by atoms with Crippen LogP contribution in [0.1, 0.15) is 21.5 Å². The van der Waals surface area contributed by atoms with Crippen LogP contribution in [0.3, 0.4) is 0 Å². The second kappa shape index (κ2) is 6.17. The molecule has 0 unspecified atom stereocenters. The summed E-state index contributed by atoms with van der Waals surface area (Å²) in [6.45, 7) is 1.65. The van der Waals surface area contributed by atoms with Crippen LogP contribution in [-0.4, -0.2) is 17.8 Å². The first-order valence-electron chi connectivity index (χ1n) is 6.42. The molecule has 0 atom stereocenters. The van der Waals surface area contributed by atoms with Gasteiger partial charge in [-0.25, -0.2) is 0 Å². The number of ether oxygens (including phenoxy) is 1. The Balaban J connectivity index is 2.19. The standard InChI is InChI=1S/C16H15NO4/c1-11-3-6-13(10-15(11)17(19)20)16(18)9-12-4-7-14(21-2)8-5-12/h3-8,10H,9H2,1-2H3. The zero-order valence-corrected chi connectivity index (χ0v) is 11.8. The minimum Gasteiger partial charge on any atom is -0.497 e. The molecule has 5 heteroatoms.